The van der Waals surface area contributed by atoms with Crippen LogP contribution in [0, 0.1) is 10.1 Å². The van der Waals surface area contributed by atoms with E-state index in [1.807, 2.05) is 30.5 Å². The molecule has 5 nitrogen and oxygen atoms in total. The number of nitrogens with one attached hydrogen (secondary N) is 2. The van der Waals surface area contributed by atoms with Crippen molar-refractivity contribution in [3.63, 3.8) is 0 Å². The molecule has 0 saturated carbocycles. The van der Waals surface area contributed by atoms with Gasteiger partial charge < -0.3 is 10.3 Å². The van der Waals surface area contributed by atoms with Gasteiger partial charge in [0.25, 0.3) is 5.69 Å². The number of aromatic nitrogens is 1. The monoisotopic (exact) mass is 253 g/mol. The van der Waals surface area contributed by atoms with Crippen LogP contribution in [0.15, 0.2) is 54.7 Å². The molecule has 2 aromatic carbocycles. The molecule has 19 heavy (non-hydrogen) atoms. The fourth-order valence-electron chi connectivity index (χ4n) is 1.99. The first kappa shape index (κ1) is 11.3. The van der Waals surface area contributed by atoms with Crippen molar-refractivity contribution in [1.29, 1.82) is 0 Å². The van der Waals surface area contributed by atoms with Crippen LogP contribution in [0.3, 0.4) is 0 Å². The number of nitro groups is 1. The number of benzene rings is 2. The molecular weight excluding hydrogens is 242 g/mol. The molecule has 0 spiro atoms. The smallest absolute Gasteiger partial charge is 0.271 e. The highest BCUT2D eigenvalue weighted by Crippen LogP contribution is 2.24. The Labute approximate surface area is 109 Å². The highest BCUT2D eigenvalue weighted by atomic mass is 16.6. The molecule has 5 heteroatoms. The van der Waals surface area contributed by atoms with Gasteiger partial charge >= 0.3 is 0 Å². The second-order valence-electron chi connectivity index (χ2n) is 4.21. The molecule has 0 aliphatic rings. The van der Waals surface area contributed by atoms with Gasteiger partial charge in [0.1, 0.15) is 0 Å². The van der Waals surface area contributed by atoms with Crippen LogP contribution in [-0.4, -0.2) is 9.91 Å². The number of hydrogen-bond donors (Lipinski definition) is 2. The summed E-state index contributed by atoms with van der Waals surface area (Å²) >= 11 is 0. The number of nitrogens with zero attached hydrogens (tertiary/aromatic N) is 1. The van der Waals surface area contributed by atoms with E-state index in [1.165, 1.54) is 12.1 Å². The zero-order chi connectivity index (χ0) is 13.2. The minimum Gasteiger partial charge on any atom is -0.361 e. The third-order valence-corrected chi connectivity index (χ3v) is 2.90. The van der Waals surface area contributed by atoms with Gasteiger partial charge in [0.15, 0.2) is 0 Å². The van der Waals surface area contributed by atoms with Crippen molar-refractivity contribution in [2.75, 3.05) is 5.32 Å². The third kappa shape index (κ3) is 2.26. The molecule has 1 heterocycles. The minimum absolute atomic E-state index is 0.0766. The van der Waals surface area contributed by atoms with Crippen molar-refractivity contribution in [1.82, 2.24) is 4.98 Å². The van der Waals surface area contributed by atoms with Crippen molar-refractivity contribution in [2.45, 2.75) is 0 Å². The molecule has 0 amide bonds. The average Bonchev–Trinajstić information content (AvgIpc) is 2.86. The Kier molecular flexibility index (Phi) is 2.64. The second-order valence-corrected chi connectivity index (χ2v) is 4.21. The van der Waals surface area contributed by atoms with Crippen LogP contribution >= 0.6 is 0 Å². The molecule has 94 valence electrons. The Morgan fingerprint density at radius 1 is 1.05 bits per heavy atom. The SMILES string of the molecule is O=[N+]([O-])c1cccc(Nc2ccc3[nH]ccc3c2)c1. The molecule has 0 unspecified atom stereocenters. The van der Waals surface area contributed by atoms with Gasteiger partial charge in [-0.15, -0.1) is 0 Å². The molecule has 0 radical (unpaired) electrons. The van der Waals surface area contributed by atoms with Gasteiger partial charge in [0.2, 0.25) is 0 Å². The van der Waals surface area contributed by atoms with Crippen LogP contribution in [0.5, 0.6) is 0 Å². The molecule has 0 fully saturated rings. The summed E-state index contributed by atoms with van der Waals surface area (Å²) in [5, 5.41) is 15.0. The maximum absolute atomic E-state index is 10.7. The largest absolute Gasteiger partial charge is 0.361 e. The van der Waals surface area contributed by atoms with Crippen molar-refractivity contribution >= 4 is 28.0 Å². The molecule has 0 atom stereocenters. The number of hydrogen-bond acceptors (Lipinski definition) is 3. The third-order valence-electron chi connectivity index (χ3n) is 2.90. The van der Waals surface area contributed by atoms with Crippen LogP contribution in [0.2, 0.25) is 0 Å². The summed E-state index contributed by atoms with van der Waals surface area (Å²) in [7, 11) is 0. The maximum atomic E-state index is 10.7. The minimum atomic E-state index is -0.402. The van der Waals surface area contributed by atoms with Gasteiger partial charge in [0.05, 0.1) is 4.92 Å². The molecule has 0 saturated heterocycles. The number of H-pyrrole nitrogens is 1. The Bertz CT molecular complexity index is 749. The number of nitro benzene ring substituents is 1. The molecule has 3 aromatic rings. The summed E-state index contributed by atoms with van der Waals surface area (Å²) in [5.41, 5.74) is 2.73. The fraction of sp³-hybridized carbons (Fsp3) is 0. The van der Waals surface area contributed by atoms with Crippen LogP contribution in [0.1, 0.15) is 0 Å². The van der Waals surface area contributed by atoms with Crippen molar-refractivity contribution in [2.24, 2.45) is 0 Å². The predicted octanol–water partition coefficient (Wildman–Crippen LogP) is 3.82. The van der Waals surface area contributed by atoms with Gasteiger partial charge in [-0.05, 0) is 30.3 Å². The lowest BCUT2D eigenvalue weighted by molar-refractivity contribution is -0.384. The van der Waals surface area contributed by atoms with Crippen molar-refractivity contribution in [3.05, 3.63) is 64.8 Å². The van der Waals surface area contributed by atoms with Gasteiger partial charge in [-0.2, -0.15) is 0 Å². The number of anilines is 2. The summed E-state index contributed by atoms with van der Waals surface area (Å²) in [6.45, 7) is 0. The first-order valence-corrected chi connectivity index (χ1v) is 5.81. The van der Waals surface area contributed by atoms with Gasteiger partial charge in [-0.1, -0.05) is 6.07 Å². The number of rotatable bonds is 3. The van der Waals surface area contributed by atoms with Crippen molar-refractivity contribution in [3.8, 4) is 0 Å². The summed E-state index contributed by atoms with van der Waals surface area (Å²) < 4.78 is 0. The normalized spacial score (nSPS) is 10.5. The molecule has 0 aliphatic heterocycles. The van der Waals surface area contributed by atoms with E-state index in [4.69, 9.17) is 0 Å². The van der Waals surface area contributed by atoms with E-state index in [9.17, 15) is 10.1 Å². The van der Waals surface area contributed by atoms with E-state index in [0.717, 1.165) is 16.6 Å². The number of fused-ring (bicyclic) bond motifs is 1. The standard InChI is InChI=1S/C14H11N3O2/c18-17(19)13-3-1-2-11(9-13)16-12-4-5-14-10(8-12)6-7-15-14/h1-9,15-16H. The topological polar surface area (TPSA) is 71.0 Å². The summed E-state index contributed by atoms with van der Waals surface area (Å²) in [6.07, 6.45) is 1.88. The van der Waals surface area contributed by atoms with Crippen molar-refractivity contribution < 1.29 is 4.92 Å². The zero-order valence-corrected chi connectivity index (χ0v) is 9.96. The Balaban J connectivity index is 1.91. The van der Waals surface area contributed by atoms with Gasteiger partial charge in [0, 0.05) is 40.6 Å². The van der Waals surface area contributed by atoms with Crippen LogP contribution < -0.4 is 5.32 Å². The molecule has 0 aliphatic carbocycles. The van der Waals surface area contributed by atoms with E-state index in [2.05, 4.69) is 10.3 Å². The summed E-state index contributed by atoms with van der Waals surface area (Å²) in [4.78, 5) is 13.4. The van der Waals surface area contributed by atoms with Crippen LogP contribution in [0.25, 0.3) is 10.9 Å². The van der Waals surface area contributed by atoms with Crippen LogP contribution in [0.4, 0.5) is 17.1 Å². The Hall–Kier alpha value is -2.82. The highest BCUT2D eigenvalue weighted by Gasteiger charge is 2.05. The quantitative estimate of drug-likeness (QED) is 0.550. The highest BCUT2D eigenvalue weighted by molar-refractivity contribution is 5.84. The molecule has 2 N–H and O–H groups in total. The van der Waals surface area contributed by atoms with E-state index in [-0.39, 0.29) is 5.69 Å². The molecule has 0 bridgehead atoms. The molecule has 3 rings (SSSR count). The van der Waals surface area contributed by atoms with E-state index >= 15 is 0 Å². The lowest BCUT2D eigenvalue weighted by atomic mass is 10.2. The maximum Gasteiger partial charge on any atom is 0.271 e. The second kappa shape index (κ2) is 4.45. The average molecular weight is 253 g/mol. The Morgan fingerprint density at radius 3 is 2.74 bits per heavy atom. The number of non-ortho nitro benzene ring substituents is 1. The molecular formula is C14H11N3O2. The predicted molar refractivity (Wildman–Crippen MR) is 74.7 cm³/mol. The van der Waals surface area contributed by atoms with Gasteiger partial charge in [-0.25, -0.2) is 0 Å². The fourth-order valence-corrected chi connectivity index (χ4v) is 1.99. The summed E-state index contributed by atoms with van der Waals surface area (Å²) in [5.74, 6) is 0. The van der Waals surface area contributed by atoms with E-state index in [0.29, 0.717) is 5.69 Å². The van der Waals surface area contributed by atoms with Gasteiger partial charge in [-0.3, -0.25) is 10.1 Å². The number of aromatic amines is 1. The lowest BCUT2D eigenvalue weighted by Crippen LogP contribution is -1.92. The van der Waals surface area contributed by atoms with E-state index in [1.54, 1.807) is 12.1 Å². The molecule has 1 aromatic heterocycles. The lowest BCUT2D eigenvalue weighted by Gasteiger charge is -2.06. The first-order chi connectivity index (χ1) is 9.22. The van der Waals surface area contributed by atoms with E-state index < -0.39 is 4.92 Å². The first-order valence-electron chi connectivity index (χ1n) is 5.81. The zero-order valence-electron chi connectivity index (χ0n) is 9.96. The summed E-state index contributed by atoms with van der Waals surface area (Å²) in [6, 6.07) is 14.3. The van der Waals surface area contributed by atoms with Crippen LogP contribution in [-0.2, 0) is 0 Å². The Morgan fingerprint density at radius 2 is 1.89 bits per heavy atom.